The Labute approximate surface area is 139 Å². The highest BCUT2D eigenvalue weighted by atomic mass is 35.5. The van der Waals surface area contributed by atoms with Crippen LogP contribution in [0.25, 0.3) is 0 Å². The third-order valence-electron chi connectivity index (χ3n) is 3.46. The van der Waals surface area contributed by atoms with Crippen LogP contribution in [0.5, 0.6) is 5.75 Å². The Kier molecular flexibility index (Phi) is 5.45. The van der Waals surface area contributed by atoms with E-state index in [0.29, 0.717) is 16.3 Å². The molecule has 2 rings (SSSR count). The maximum Gasteiger partial charge on any atom is 0.411 e. The summed E-state index contributed by atoms with van der Waals surface area (Å²) in [7, 11) is 1.26. The molecule has 1 N–H and O–H groups in total. The van der Waals surface area contributed by atoms with Gasteiger partial charge in [-0.05, 0) is 49.2 Å². The predicted molar refractivity (Wildman–Crippen MR) is 87.7 cm³/mol. The molecule has 6 heteroatoms. The van der Waals surface area contributed by atoms with Crippen molar-refractivity contribution in [1.82, 2.24) is 0 Å². The molecule has 0 unspecified atom stereocenters. The first-order chi connectivity index (χ1) is 10.9. The number of rotatable bonds is 4. The van der Waals surface area contributed by atoms with Gasteiger partial charge in [0.15, 0.2) is 11.6 Å². The Morgan fingerprint density at radius 2 is 1.96 bits per heavy atom. The Bertz CT molecular complexity index is 734. The number of ether oxygens (including phenoxy) is 2. The summed E-state index contributed by atoms with van der Waals surface area (Å²) in [4.78, 5) is 11.4. The number of carbonyl (C=O) groups is 1. The number of halogens is 2. The number of aryl methyl sites for hydroxylation is 2. The standard InChI is InChI=1S/C17H17ClFNO3/c1-10-7-14(19)16(8-11(10)2)23-9-12-13(18)5-4-6-15(12)20-17(21)22-3/h4-8H,9H2,1-3H3,(H,20,21). The Balaban J connectivity index is 2.23. The minimum atomic E-state index is -0.620. The van der Waals surface area contributed by atoms with E-state index in [9.17, 15) is 9.18 Å². The molecule has 122 valence electrons. The summed E-state index contributed by atoms with van der Waals surface area (Å²) in [6, 6.07) is 8.07. The van der Waals surface area contributed by atoms with Crippen molar-refractivity contribution in [2.24, 2.45) is 0 Å². The largest absolute Gasteiger partial charge is 0.486 e. The van der Waals surface area contributed by atoms with E-state index < -0.39 is 11.9 Å². The number of carbonyl (C=O) groups excluding carboxylic acids is 1. The van der Waals surface area contributed by atoms with E-state index in [0.717, 1.165) is 11.1 Å². The minimum absolute atomic E-state index is 0.0123. The van der Waals surface area contributed by atoms with Crippen molar-refractivity contribution in [3.63, 3.8) is 0 Å². The van der Waals surface area contributed by atoms with E-state index in [1.54, 1.807) is 24.3 Å². The van der Waals surface area contributed by atoms with Gasteiger partial charge in [0, 0.05) is 10.6 Å². The Hall–Kier alpha value is -2.27. The lowest BCUT2D eigenvalue weighted by Crippen LogP contribution is -2.13. The molecule has 23 heavy (non-hydrogen) atoms. The molecule has 0 aliphatic heterocycles. The molecule has 0 aliphatic rings. The topological polar surface area (TPSA) is 47.6 Å². The molecule has 0 heterocycles. The number of hydrogen-bond acceptors (Lipinski definition) is 3. The smallest absolute Gasteiger partial charge is 0.411 e. The number of amides is 1. The van der Waals surface area contributed by atoms with Gasteiger partial charge in [-0.2, -0.15) is 0 Å². The lowest BCUT2D eigenvalue weighted by molar-refractivity contribution is 0.187. The molecule has 0 aliphatic carbocycles. The van der Waals surface area contributed by atoms with Gasteiger partial charge in [0.1, 0.15) is 6.61 Å². The molecule has 0 radical (unpaired) electrons. The second kappa shape index (κ2) is 7.33. The number of benzene rings is 2. The van der Waals surface area contributed by atoms with Crippen LogP contribution in [0, 0.1) is 19.7 Å². The Morgan fingerprint density at radius 1 is 1.26 bits per heavy atom. The number of nitrogens with one attached hydrogen (secondary N) is 1. The van der Waals surface area contributed by atoms with Gasteiger partial charge in [-0.15, -0.1) is 0 Å². The van der Waals surface area contributed by atoms with E-state index in [1.165, 1.54) is 13.2 Å². The summed E-state index contributed by atoms with van der Waals surface area (Å²) in [6.45, 7) is 3.72. The van der Waals surface area contributed by atoms with Crippen molar-refractivity contribution < 1.29 is 18.7 Å². The molecule has 2 aromatic carbocycles. The van der Waals surface area contributed by atoms with Crippen molar-refractivity contribution >= 4 is 23.4 Å². The van der Waals surface area contributed by atoms with Gasteiger partial charge in [-0.25, -0.2) is 9.18 Å². The van der Waals surface area contributed by atoms with Crippen LogP contribution < -0.4 is 10.1 Å². The van der Waals surface area contributed by atoms with Gasteiger partial charge in [-0.3, -0.25) is 5.32 Å². The molecule has 0 spiro atoms. The first-order valence-electron chi connectivity index (χ1n) is 6.94. The van der Waals surface area contributed by atoms with Crippen LogP contribution in [-0.2, 0) is 11.3 Å². The quantitative estimate of drug-likeness (QED) is 0.867. The molecule has 0 atom stereocenters. The van der Waals surface area contributed by atoms with Crippen LogP contribution >= 0.6 is 11.6 Å². The highest BCUT2D eigenvalue weighted by Crippen LogP contribution is 2.28. The SMILES string of the molecule is COC(=O)Nc1cccc(Cl)c1COc1cc(C)c(C)cc1F. The van der Waals surface area contributed by atoms with E-state index in [1.807, 2.05) is 13.8 Å². The van der Waals surface area contributed by atoms with E-state index in [4.69, 9.17) is 16.3 Å². The van der Waals surface area contributed by atoms with Crippen molar-refractivity contribution in [2.45, 2.75) is 20.5 Å². The number of hydrogen-bond donors (Lipinski definition) is 1. The molecule has 0 saturated heterocycles. The zero-order valence-corrected chi connectivity index (χ0v) is 13.8. The normalized spacial score (nSPS) is 10.3. The first-order valence-corrected chi connectivity index (χ1v) is 7.32. The van der Waals surface area contributed by atoms with Gasteiger partial charge in [0.05, 0.1) is 12.8 Å². The first kappa shape index (κ1) is 17.1. The average Bonchev–Trinajstić information content (AvgIpc) is 2.51. The van der Waals surface area contributed by atoms with Crippen molar-refractivity contribution in [3.05, 3.63) is 57.9 Å². The summed E-state index contributed by atoms with van der Waals surface area (Å²) in [6.07, 6.45) is -0.620. The summed E-state index contributed by atoms with van der Waals surface area (Å²) in [5, 5.41) is 2.96. The van der Waals surface area contributed by atoms with E-state index in [2.05, 4.69) is 10.1 Å². The van der Waals surface area contributed by atoms with Crippen LogP contribution in [0.3, 0.4) is 0 Å². The summed E-state index contributed by atoms with van der Waals surface area (Å²) in [5.41, 5.74) is 2.76. The average molecular weight is 338 g/mol. The lowest BCUT2D eigenvalue weighted by Gasteiger charge is -2.14. The van der Waals surface area contributed by atoms with Gasteiger partial charge < -0.3 is 9.47 Å². The van der Waals surface area contributed by atoms with E-state index in [-0.39, 0.29) is 12.4 Å². The fourth-order valence-corrected chi connectivity index (χ4v) is 2.23. The maximum atomic E-state index is 14.0. The van der Waals surface area contributed by atoms with Crippen LogP contribution in [0.4, 0.5) is 14.9 Å². The Morgan fingerprint density at radius 3 is 2.65 bits per heavy atom. The maximum absolute atomic E-state index is 14.0. The van der Waals surface area contributed by atoms with E-state index >= 15 is 0 Å². The molecule has 4 nitrogen and oxygen atoms in total. The van der Waals surface area contributed by atoms with Crippen molar-refractivity contribution in [3.8, 4) is 5.75 Å². The van der Waals surface area contributed by atoms with Crippen LogP contribution in [0.15, 0.2) is 30.3 Å². The molecule has 0 aromatic heterocycles. The minimum Gasteiger partial charge on any atom is -0.486 e. The zero-order chi connectivity index (χ0) is 17.0. The molecule has 2 aromatic rings. The fourth-order valence-electron chi connectivity index (χ4n) is 2.00. The second-order valence-corrected chi connectivity index (χ2v) is 5.45. The number of anilines is 1. The van der Waals surface area contributed by atoms with Gasteiger partial charge in [-0.1, -0.05) is 17.7 Å². The highest BCUT2D eigenvalue weighted by molar-refractivity contribution is 6.31. The second-order valence-electron chi connectivity index (χ2n) is 5.04. The predicted octanol–water partition coefficient (Wildman–Crippen LogP) is 4.85. The van der Waals surface area contributed by atoms with Crippen molar-refractivity contribution in [2.75, 3.05) is 12.4 Å². The fraction of sp³-hybridized carbons (Fsp3) is 0.235. The third kappa shape index (κ3) is 4.13. The van der Waals surface area contributed by atoms with Gasteiger partial charge in [0.2, 0.25) is 0 Å². The van der Waals surface area contributed by atoms with Crippen LogP contribution in [-0.4, -0.2) is 13.2 Å². The van der Waals surface area contributed by atoms with Crippen LogP contribution in [0.1, 0.15) is 16.7 Å². The van der Waals surface area contributed by atoms with Gasteiger partial charge in [0.25, 0.3) is 0 Å². The molecule has 1 amide bonds. The summed E-state index contributed by atoms with van der Waals surface area (Å²) < 4.78 is 24.1. The summed E-state index contributed by atoms with van der Waals surface area (Å²) in [5.74, 6) is -0.306. The molecular formula is C17H17ClFNO3. The molecule has 0 bridgehead atoms. The molecule has 0 fully saturated rings. The zero-order valence-electron chi connectivity index (χ0n) is 13.1. The third-order valence-corrected chi connectivity index (χ3v) is 3.82. The van der Waals surface area contributed by atoms with Crippen LogP contribution in [0.2, 0.25) is 5.02 Å². The molecular weight excluding hydrogens is 321 g/mol. The molecule has 0 saturated carbocycles. The highest BCUT2D eigenvalue weighted by Gasteiger charge is 2.13. The summed E-state index contributed by atoms with van der Waals surface area (Å²) >= 11 is 6.15. The monoisotopic (exact) mass is 337 g/mol. The van der Waals surface area contributed by atoms with Gasteiger partial charge >= 0.3 is 6.09 Å². The lowest BCUT2D eigenvalue weighted by atomic mass is 10.1. The number of methoxy groups -OCH3 is 1. The van der Waals surface area contributed by atoms with Crippen molar-refractivity contribution in [1.29, 1.82) is 0 Å².